The summed E-state index contributed by atoms with van der Waals surface area (Å²) in [7, 11) is 2.05. The lowest BCUT2D eigenvalue weighted by Crippen LogP contribution is -2.17. The van der Waals surface area contributed by atoms with Crippen LogP contribution in [0.15, 0.2) is 46.9 Å². The second-order valence-corrected chi connectivity index (χ2v) is 6.21. The number of nitrogens with two attached hydrogens (primary N) is 1. The molecule has 20 heavy (non-hydrogen) atoms. The number of halogens is 2. The van der Waals surface area contributed by atoms with Crippen molar-refractivity contribution in [2.75, 3.05) is 11.9 Å². The Morgan fingerprint density at radius 2 is 1.95 bits per heavy atom. The fourth-order valence-electron chi connectivity index (χ4n) is 2.08. The molecule has 2 aromatic rings. The molecule has 0 aliphatic rings. The topological polar surface area (TPSA) is 29.3 Å². The summed E-state index contributed by atoms with van der Waals surface area (Å²) in [4.78, 5) is 2.16. The lowest BCUT2D eigenvalue weighted by Gasteiger charge is -2.22. The standard InChI is InChI=1S/C16H18BrClN2/c1-11(19)12-7-8-16(14(17)9-12)20(2)10-13-5-3-4-6-15(13)18/h3-9,11H,10,19H2,1-2H3. The van der Waals surface area contributed by atoms with Crippen molar-refractivity contribution >= 4 is 33.2 Å². The minimum absolute atomic E-state index is 0.0363. The summed E-state index contributed by atoms with van der Waals surface area (Å²) in [6.45, 7) is 2.74. The molecule has 0 saturated heterocycles. The Labute approximate surface area is 133 Å². The first-order valence-electron chi connectivity index (χ1n) is 6.48. The maximum absolute atomic E-state index is 6.21. The highest BCUT2D eigenvalue weighted by molar-refractivity contribution is 9.10. The van der Waals surface area contributed by atoms with E-state index in [9.17, 15) is 0 Å². The Kier molecular flexibility index (Phi) is 5.08. The smallest absolute Gasteiger partial charge is 0.0511 e. The fraction of sp³-hybridized carbons (Fsp3) is 0.250. The third-order valence-electron chi connectivity index (χ3n) is 3.27. The molecule has 0 aliphatic carbocycles. The second kappa shape index (κ2) is 6.61. The molecular weight excluding hydrogens is 336 g/mol. The van der Waals surface area contributed by atoms with Gasteiger partial charge in [0.05, 0.1) is 5.69 Å². The van der Waals surface area contributed by atoms with Crippen LogP contribution in [0, 0.1) is 0 Å². The molecule has 0 aliphatic heterocycles. The first-order valence-corrected chi connectivity index (χ1v) is 7.65. The highest BCUT2D eigenvalue weighted by atomic mass is 79.9. The number of hydrogen-bond acceptors (Lipinski definition) is 2. The van der Waals surface area contributed by atoms with Crippen molar-refractivity contribution < 1.29 is 0 Å². The van der Waals surface area contributed by atoms with E-state index >= 15 is 0 Å². The van der Waals surface area contributed by atoms with E-state index in [4.69, 9.17) is 17.3 Å². The van der Waals surface area contributed by atoms with Gasteiger partial charge in [-0.05, 0) is 52.2 Å². The van der Waals surface area contributed by atoms with Crippen LogP contribution in [0.2, 0.25) is 5.02 Å². The molecule has 4 heteroatoms. The quantitative estimate of drug-likeness (QED) is 0.858. The minimum atomic E-state index is 0.0363. The monoisotopic (exact) mass is 352 g/mol. The van der Waals surface area contributed by atoms with Crippen molar-refractivity contribution in [1.82, 2.24) is 0 Å². The molecule has 0 aromatic heterocycles. The predicted molar refractivity (Wildman–Crippen MR) is 90.3 cm³/mol. The normalized spacial score (nSPS) is 12.2. The lowest BCUT2D eigenvalue weighted by molar-refractivity contribution is 0.816. The molecule has 2 aromatic carbocycles. The van der Waals surface area contributed by atoms with Crippen LogP contribution >= 0.6 is 27.5 Å². The van der Waals surface area contributed by atoms with Gasteiger partial charge in [-0.15, -0.1) is 0 Å². The Morgan fingerprint density at radius 1 is 1.25 bits per heavy atom. The largest absolute Gasteiger partial charge is 0.369 e. The van der Waals surface area contributed by atoms with Crippen LogP contribution < -0.4 is 10.6 Å². The molecule has 1 unspecified atom stereocenters. The fourth-order valence-corrected chi connectivity index (χ4v) is 2.98. The third-order valence-corrected chi connectivity index (χ3v) is 4.28. The van der Waals surface area contributed by atoms with Crippen LogP contribution in [-0.2, 0) is 6.54 Å². The van der Waals surface area contributed by atoms with E-state index in [1.54, 1.807) is 0 Å². The van der Waals surface area contributed by atoms with Gasteiger partial charge in [-0.3, -0.25) is 0 Å². The molecule has 106 valence electrons. The maximum atomic E-state index is 6.21. The number of nitrogens with zero attached hydrogens (tertiary/aromatic N) is 1. The molecule has 0 bridgehead atoms. The van der Waals surface area contributed by atoms with Gasteiger partial charge in [0.1, 0.15) is 0 Å². The molecule has 1 atom stereocenters. The zero-order valence-corrected chi connectivity index (χ0v) is 13.9. The van der Waals surface area contributed by atoms with E-state index in [-0.39, 0.29) is 6.04 Å². The lowest BCUT2D eigenvalue weighted by atomic mass is 10.1. The van der Waals surface area contributed by atoms with Crippen molar-refractivity contribution in [1.29, 1.82) is 0 Å². The Balaban J connectivity index is 2.21. The maximum Gasteiger partial charge on any atom is 0.0511 e. The van der Waals surface area contributed by atoms with E-state index in [1.165, 1.54) is 0 Å². The average Bonchev–Trinajstić information content (AvgIpc) is 2.41. The zero-order chi connectivity index (χ0) is 14.7. The van der Waals surface area contributed by atoms with Gasteiger partial charge in [0.15, 0.2) is 0 Å². The molecular formula is C16H18BrClN2. The van der Waals surface area contributed by atoms with Crippen molar-refractivity contribution in [3.8, 4) is 0 Å². The highest BCUT2D eigenvalue weighted by Gasteiger charge is 2.10. The van der Waals surface area contributed by atoms with Gasteiger partial charge in [0.2, 0.25) is 0 Å². The Hall–Kier alpha value is -1.03. The van der Waals surface area contributed by atoms with Gasteiger partial charge in [0, 0.05) is 29.1 Å². The molecule has 0 spiro atoms. The van der Waals surface area contributed by atoms with Gasteiger partial charge in [-0.1, -0.05) is 35.9 Å². The van der Waals surface area contributed by atoms with Crippen LogP contribution in [-0.4, -0.2) is 7.05 Å². The van der Waals surface area contributed by atoms with Gasteiger partial charge in [-0.25, -0.2) is 0 Å². The number of anilines is 1. The van der Waals surface area contributed by atoms with Crippen molar-refractivity contribution in [3.05, 3.63) is 63.1 Å². The third kappa shape index (κ3) is 3.54. The average molecular weight is 354 g/mol. The van der Waals surface area contributed by atoms with Crippen LogP contribution in [0.3, 0.4) is 0 Å². The van der Waals surface area contributed by atoms with Gasteiger partial charge >= 0.3 is 0 Å². The first kappa shape index (κ1) is 15.4. The summed E-state index contributed by atoms with van der Waals surface area (Å²) in [6, 6.07) is 14.2. The summed E-state index contributed by atoms with van der Waals surface area (Å²) in [5.41, 5.74) is 9.25. The predicted octanol–water partition coefficient (Wildman–Crippen LogP) is 4.76. The van der Waals surface area contributed by atoms with Gasteiger partial charge < -0.3 is 10.6 Å². The first-order chi connectivity index (χ1) is 9.49. The van der Waals surface area contributed by atoms with Crippen LogP contribution in [0.1, 0.15) is 24.1 Å². The van der Waals surface area contributed by atoms with E-state index in [2.05, 4.69) is 46.1 Å². The number of rotatable bonds is 4. The van der Waals surface area contributed by atoms with E-state index in [1.807, 2.05) is 31.2 Å². The summed E-state index contributed by atoms with van der Waals surface area (Å²) < 4.78 is 1.04. The number of benzene rings is 2. The minimum Gasteiger partial charge on any atom is -0.369 e. The van der Waals surface area contributed by atoms with E-state index < -0.39 is 0 Å². The molecule has 0 fully saturated rings. The van der Waals surface area contributed by atoms with Crippen molar-refractivity contribution in [3.63, 3.8) is 0 Å². The summed E-state index contributed by atoms with van der Waals surface area (Å²) in [6.07, 6.45) is 0. The summed E-state index contributed by atoms with van der Waals surface area (Å²) in [5.74, 6) is 0. The van der Waals surface area contributed by atoms with Crippen molar-refractivity contribution in [2.45, 2.75) is 19.5 Å². The number of hydrogen-bond donors (Lipinski definition) is 1. The van der Waals surface area contributed by atoms with Crippen LogP contribution in [0.4, 0.5) is 5.69 Å². The summed E-state index contributed by atoms with van der Waals surface area (Å²) in [5, 5.41) is 0.794. The van der Waals surface area contributed by atoms with Gasteiger partial charge in [0.25, 0.3) is 0 Å². The zero-order valence-electron chi connectivity index (χ0n) is 11.6. The SMILES string of the molecule is CC(N)c1ccc(N(C)Cc2ccccc2Cl)c(Br)c1. The Bertz CT molecular complexity index is 599. The van der Waals surface area contributed by atoms with Gasteiger partial charge in [-0.2, -0.15) is 0 Å². The van der Waals surface area contributed by atoms with Crippen molar-refractivity contribution in [2.24, 2.45) is 5.73 Å². The molecule has 0 amide bonds. The summed E-state index contributed by atoms with van der Waals surface area (Å²) >= 11 is 9.83. The Morgan fingerprint density at radius 3 is 2.55 bits per heavy atom. The highest BCUT2D eigenvalue weighted by Crippen LogP contribution is 2.30. The molecule has 2 nitrogen and oxygen atoms in total. The van der Waals surface area contributed by atoms with Crippen LogP contribution in [0.25, 0.3) is 0 Å². The second-order valence-electron chi connectivity index (χ2n) is 4.95. The molecule has 0 saturated carbocycles. The molecule has 2 rings (SSSR count). The molecule has 0 heterocycles. The molecule has 2 N–H and O–H groups in total. The van der Waals surface area contributed by atoms with E-state index in [0.29, 0.717) is 0 Å². The molecule has 0 radical (unpaired) electrons. The van der Waals surface area contributed by atoms with Crippen LogP contribution in [0.5, 0.6) is 0 Å². The van der Waals surface area contributed by atoms with E-state index in [0.717, 1.165) is 32.9 Å².